The highest BCUT2D eigenvalue weighted by Crippen LogP contribution is 2.42. The lowest BCUT2D eigenvalue weighted by molar-refractivity contribution is 1.39. The van der Waals surface area contributed by atoms with Gasteiger partial charge in [-0.2, -0.15) is 0 Å². The molecule has 2 N–H and O–H groups in total. The third-order valence-corrected chi connectivity index (χ3v) is 6.34. The van der Waals surface area contributed by atoms with Crippen LogP contribution >= 0.6 is 15.9 Å². The molecule has 4 aromatic carbocycles. The van der Waals surface area contributed by atoms with Gasteiger partial charge < -0.3 is 9.97 Å². The van der Waals surface area contributed by atoms with Crippen LogP contribution in [-0.2, 0) is 0 Å². The van der Waals surface area contributed by atoms with Crippen LogP contribution < -0.4 is 10.9 Å². The first-order valence-corrected chi connectivity index (χ1v) is 10.7. The number of halogens is 1. The molecule has 0 bridgehead atoms. The molecule has 0 saturated heterocycles. The smallest absolute Gasteiger partial charge is 0.235 e. The lowest BCUT2D eigenvalue weighted by atomic mass is 9.86. The van der Waals surface area contributed by atoms with Gasteiger partial charge in [-0.25, -0.2) is 0 Å². The Morgan fingerprint density at radius 2 is 1.42 bits per heavy atom. The number of benzene rings is 3. The fraction of sp³-hybridized carbons (Fsp3) is 0. The SMILES string of the molecule is O=c1c(-c2c[nH]c3ccc(Br)cc23)c(-c2c(-c3ccccc3)[nH]c3ccccc23)c1=O. The normalized spacial score (nSPS) is 11.6. The number of hydrogen-bond donors (Lipinski definition) is 2. The average Bonchev–Trinajstić information content (AvgIpc) is 3.38. The minimum absolute atomic E-state index is 0.443. The summed E-state index contributed by atoms with van der Waals surface area (Å²) in [4.78, 5) is 32.5. The average molecular weight is 467 g/mol. The Hall–Kier alpha value is -3.70. The van der Waals surface area contributed by atoms with E-state index in [4.69, 9.17) is 0 Å². The van der Waals surface area contributed by atoms with Gasteiger partial charge in [0, 0.05) is 54.7 Å². The Kier molecular flexibility index (Phi) is 3.88. The van der Waals surface area contributed by atoms with Crippen molar-refractivity contribution in [2.75, 3.05) is 0 Å². The van der Waals surface area contributed by atoms with Gasteiger partial charge in [0.1, 0.15) is 0 Å². The minimum atomic E-state index is -0.444. The van der Waals surface area contributed by atoms with Crippen molar-refractivity contribution >= 4 is 37.7 Å². The number of hydrogen-bond acceptors (Lipinski definition) is 2. The summed E-state index contributed by atoms with van der Waals surface area (Å²) in [5.41, 5.74) is 5.24. The summed E-state index contributed by atoms with van der Waals surface area (Å²) in [6, 6.07) is 23.6. The van der Waals surface area contributed by atoms with Gasteiger partial charge in [-0.1, -0.05) is 64.5 Å². The number of para-hydroxylation sites is 1. The Bertz CT molecular complexity index is 1680. The first kappa shape index (κ1) is 18.1. The van der Waals surface area contributed by atoms with Crippen LogP contribution in [0.15, 0.2) is 93.1 Å². The highest BCUT2D eigenvalue weighted by molar-refractivity contribution is 9.10. The minimum Gasteiger partial charge on any atom is -0.361 e. The molecule has 0 radical (unpaired) electrons. The molecule has 148 valence electrons. The highest BCUT2D eigenvalue weighted by atomic mass is 79.9. The zero-order valence-electron chi connectivity index (χ0n) is 16.2. The Morgan fingerprint density at radius 1 is 0.677 bits per heavy atom. The van der Waals surface area contributed by atoms with Crippen LogP contribution in [0.4, 0.5) is 0 Å². The van der Waals surface area contributed by atoms with Crippen LogP contribution in [0.2, 0.25) is 0 Å². The third kappa shape index (κ3) is 2.60. The lowest BCUT2D eigenvalue weighted by Gasteiger charge is -2.13. The zero-order chi connectivity index (χ0) is 21.1. The molecule has 0 aliphatic carbocycles. The first-order valence-electron chi connectivity index (χ1n) is 9.90. The molecule has 0 spiro atoms. The molecule has 0 unspecified atom stereocenters. The molecule has 2 heterocycles. The van der Waals surface area contributed by atoms with Crippen molar-refractivity contribution in [2.24, 2.45) is 0 Å². The molecule has 0 aliphatic rings. The lowest BCUT2D eigenvalue weighted by Crippen LogP contribution is -2.35. The predicted octanol–water partition coefficient (Wildman–Crippen LogP) is 6.01. The van der Waals surface area contributed by atoms with Gasteiger partial charge in [0.05, 0.1) is 5.69 Å². The quantitative estimate of drug-likeness (QED) is 0.313. The van der Waals surface area contributed by atoms with Crippen molar-refractivity contribution in [3.05, 3.63) is 104 Å². The molecule has 2 aromatic heterocycles. The molecule has 0 aliphatic heterocycles. The van der Waals surface area contributed by atoms with E-state index in [0.717, 1.165) is 48.7 Å². The van der Waals surface area contributed by atoms with E-state index < -0.39 is 10.9 Å². The zero-order valence-corrected chi connectivity index (χ0v) is 17.8. The molecule has 0 amide bonds. The van der Waals surface area contributed by atoms with Gasteiger partial charge in [0.15, 0.2) is 0 Å². The van der Waals surface area contributed by atoms with E-state index in [0.29, 0.717) is 11.1 Å². The van der Waals surface area contributed by atoms with Gasteiger partial charge in [0.25, 0.3) is 0 Å². The van der Waals surface area contributed by atoms with Crippen molar-refractivity contribution in [3.8, 4) is 33.5 Å². The van der Waals surface area contributed by atoms with Crippen LogP contribution in [0.5, 0.6) is 0 Å². The fourth-order valence-corrected chi connectivity index (χ4v) is 4.77. The molecule has 31 heavy (non-hydrogen) atoms. The van der Waals surface area contributed by atoms with Crippen molar-refractivity contribution in [3.63, 3.8) is 0 Å². The number of rotatable bonds is 3. The van der Waals surface area contributed by atoms with E-state index in [2.05, 4.69) is 25.9 Å². The topological polar surface area (TPSA) is 65.7 Å². The number of fused-ring (bicyclic) bond motifs is 2. The van der Waals surface area contributed by atoms with E-state index in [1.807, 2.05) is 79.0 Å². The largest absolute Gasteiger partial charge is 0.361 e. The molecule has 0 fully saturated rings. The maximum Gasteiger partial charge on any atom is 0.235 e. The van der Waals surface area contributed by atoms with E-state index in [-0.39, 0.29) is 0 Å². The number of aromatic amines is 2. The summed E-state index contributed by atoms with van der Waals surface area (Å²) in [6.07, 6.45) is 1.81. The van der Waals surface area contributed by atoms with Gasteiger partial charge in [-0.05, 0) is 29.8 Å². The molecule has 6 rings (SSSR count). The summed E-state index contributed by atoms with van der Waals surface area (Å²) in [5, 5.41) is 1.83. The number of H-pyrrole nitrogens is 2. The Morgan fingerprint density at radius 3 is 2.26 bits per heavy atom. The summed E-state index contributed by atoms with van der Waals surface area (Å²) >= 11 is 3.51. The van der Waals surface area contributed by atoms with Gasteiger partial charge in [-0.3, -0.25) is 9.59 Å². The highest BCUT2D eigenvalue weighted by Gasteiger charge is 2.29. The molecule has 0 atom stereocenters. The van der Waals surface area contributed by atoms with E-state index in [1.54, 1.807) is 0 Å². The monoisotopic (exact) mass is 466 g/mol. The summed E-state index contributed by atoms with van der Waals surface area (Å²) in [7, 11) is 0. The van der Waals surface area contributed by atoms with Crippen molar-refractivity contribution in [2.45, 2.75) is 0 Å². The number of aromatic nitrogens is 2. The second kappa shape index (κ2) is 6.65. The molecular formula is C26H15BrN2O2. The Labute approximate surface area is 185 Å². The van der Waals surface area contributed by atoms with Gasteiger partial charge in [0.2, 0.25) is 10.9 Å². The van der Waals surface area contributed by atoms with Crippen LogP contribution in [0.1, 0.15) is 0 Å². The first-order chi connectivity index (χ1) is 15.1. The molecule has 0 saturated carbocycles. The fourth-order valence-electron chi connectivity index (χ4n) is 4.41. The van der Waals surface area contributed by atoms with Crippen LogP contribution in [0.3, 0.4) is 0 Å². The second-order valence-electron chi connectivity index (χ2n) is 7.59. The standard InChI is InChI=1S/C26H15BrN2O2/c27-15-10-11-19-17(12-15)18(13-28-19)22-23(26(31)25(22)30)21-16-8-4-5-9-20(16)29-24(21)14-6-2-1-3-7-14/h1-13,28-29H. The predicted molar refractivity (Wildman–Crippen MR) is 129 cm³/mol. The van der Waals surface area contributed by atoms with Crippen LogP contribution in [0.25, 0.3) is 55.3 Å². The molecule has 4 nitrogen and oxygen atoms in total. The third-order valence-electron chi connectivity index (χ3n) is 5.84. The van der Waals surface area contributed by atoms with E-state index >= 15 is 0 Å². The second-order valence-corrected chi connectivity index (χ2v) is 8.50. The maximum absolute atomic E-state index is 13.0. The van der Waals surface area contributed by atoms with Crippen molar-refractivity contribution in [1.29, 1.82) is 0 Å². The summed E-state index contributed by atoms with van der Waals surface area (Å²) in [5.74, 6) is 0. The maximum atomic E-state index is 13.0. The van der Waals surface area contributed by atoms with Gasteiger partial charge >= 0.3 is 0 Å². The Balaban J connectivity index is 1.70. The van der Waals surface area contributed by atoms with Crippen LogP contribution in [0, 0.1) is 0 Å². The van der Waals surface area contributed by atoms with Crippen molar-refractivity contribution < 1.29 is 0 Å². The van der Waals surface area contributed by atoms with E-state index in [9.17, 15) is 9.59 Å². The van der Waals surface area contributed by atoms with Gasteiger partial charge in [-0.15, -0.1) is 0 Å². The van der Waals surface area contributed by atoms with E-state index in [1.165, 1.54) is 0 Å². The molecular weight excluding hydrogens is 452 g/mol. The molecule has 5 heteroatoms. The summed E-state index contributed by atoms with van der Waals surface area (Å²) in [6.45, 7) is 0. The summed E-state index contributed by atoms with van der Waals surface area (Å²) < 4.78 is 0.915. The molecule has 6 aromatic rings. The van der Waals surface area contributed by atoms with Crippen molar-refractivity contribution in [1.82, 2.24) is 9.97 Å². The van der Waals surface area contributed by atoms with Crippen LogP contribution in [-0.4, -0.2) is 9.97 Å². The number of nitrogens with one attached hydrogen (secondary N) is 2.